The highest BCUT2D eigenvalue weighted by atomic mass is 35.5. The van der Waals surface area contributed by atoms with Gasteiger partial charge in [0.05, 0.1) is 16.6 Å². The first kappa shape index (κ1) is 15.0. The molecule has 0 fully saturated rings. The molecule has 1 unspecified atom stereocenters. The van der Waals surface area contributed by atoms with Crippen LogP contribution < -0.4 is 5.32 Å². The number of alkyl halides is 1. The number of aryl methyl sites for hydroxylation is 2. The molecule has 5 heteroatoms. The summed E-state index contributed by atoms with van der Waals surface area (Å²) in [6.45, 7) is 10.4. The molecule has 0 saturated carbocycles. The van der Waals surface area contributed by atoms with Gasteiger partial charge < -0.3 is 5.32 Å². The van der Waals surface area contributed by atoms with E-state index >= 15 is 0 Å². The van der Waals surface area contributed by atoms with Crippen LogP contribution in [0, 0.1) is 0 Å². The summed E-state index contributed by atoms with van der Waals surface area (Å²) in [7, 11) is 0. The van der Waals surface area contributed by atoms with Crippen LogP contribution in [0.2, 0.25) is 0 Å². The molecule has 0 aliphatic carbocycles. The summed E-state index contributed by atoms with van der Waals surface area (Å²) >= 11 is 6.07. The van der Waals surface area contributed by atoms with E-state index in [1.165, 1.54) is 0 Å². The molecular formula is C13H22ClN3O. The molecule has 102 valence electrons. The van der Waals surface area contributed by atoms with Crippen LogP contribution in [0.4, 0.5) is 0 Å². The van der Waals surface area contributed by atoms with E-state index in [1.807, 2.05) is 40.7 Å². The van der Waals surface area contributed by atoms with Crippen molar-refractivity contribution in [1.29, 1.82) is 0 Å². The number of nitrogens with one attached hydrogen (secondary N) is 1. The Hall–Kier alpha value is -1.03. The molecule has 18 heavy (non-hydrogen) atoms. The van der Waals surface area contributed by atoms with Gasteiger partial charge in [0.25, 0.3) is 5.91 Å². The Morgan fingerprint density at radius 2 is 2.17 bits per heavy atom. The molecule has 1 aromatic rings. The predicted octanol–water partition coefficient (Wildman–Crippen LogP) is 2.60. The first-order chi connectivity index (χ1) is 8.31. The molecule has 1 atom stereocenters. The number of carbonyl (C=O) groups is 1. The fourth-order valence-corrected chi connectivity index (χ4v) is 1.58. The largest absolute Gasteiger partial charge is 0.344 e. The van der Waals surface area contributed by atoms with Crippen LogP contribution in [0.5, 0.6) is 0 Å². The van der Waals surface area contributed by atoms with Crippen molar-refractivity contribution in [3.05, 3.63) is 17.5 Å². The highest BCUT2D eigenvalue weighted by Crippen LogP contribution is 2.16. The predicted molar refractivity (Wildman–Crippen MR) is 74.1 cm³/mol. The zero-order valence-corrected chi connectivity index (χ0v) is 12.5. The van der Waals surface area contributed by atoms with Gasteiger partial charge in [-0.05, 0) is 40.2 Å². The van der Waals surface area contributed by atoms with Crippen molar-refractivity contribution in [2.24, 2.45) is 0 Å². The summed E-state index contributed by atoms with van der Waals surface area (Å²) in [5.41, 5.74) is 1.08. The van der Waals surface area contributed by atoms with Crippen molar-refractivity contribution in [1.82, 2.24) is 15.1 Å². The smallest absolute Gasteiger partial charge is 0.270 e. The maximum Gasteiger partial charge on any atom is 0.270 e. The number of hydrogen-bond acceptors (Lipinski definition) is 2. The number of nitrogens with zero attached hydrogens (tertiary/aromatic N) is 2. The normalized spacial score (nSPS) is 13.4. The molecule has 0 aromatic carbocycles. The van der Waals surface area contributed by atoms with E-state index in [0.29, 0.717) is 12.2 Å². The van der Waals surface area contributed by atoms with E-state index in [4.69, 9.17) is 11.6 Å². The minimum Gasteiger partial charge on any atom is -0.344 e. The summed E-state index contributed by atoms with van der Waals surface area (Å²) < 4.78 is 1.73. The molecule has 0 aliphatic rings. The van der Waals surface area contributed by atoms with Gasteiger partial charge in [0, 0.05) is 6.54 Å². The van der Waals surface area contributed by atoms with Gasteiger partial charge in [0.15, 0.2) is 0 Å². The van der Waals surface area contributed by atoms with Gasteiger partial charge in [-0.25, -0.2) is 0 Å². The maximum absolute atomic E-state index is 12.2. The van der Waals surface area contributed by atoms with Crippen LogP contribution in [-0.4, -0.2) is 26.6 Å². The van der Waals surface area contributed by atoms with E-state index in [1.54, 1.807) is 4.68 Å². The number of amides is 1. The van der Waals surface area contributed by atoms with Crippen LogP contribution in [-0.2, 0) is 13.0 Å². The minimum atomic E-state index is -0.451. The fourth-order valence-electron chi connectivity index (χ4n) is 1.52. The molecule has 0 radical (unpaired) electrons. The molecule has 1 rings (SSSR count). The molecule has 1 N–H and O–H groups in total. The highest BCUT2D eigenvalue weighted by molar-refractivity contribution is 6.21. The Balaban J connectivity index is 2.93. The summed E-state index contributed by atoms with van der Waals surface area (Å²) in [6, 6.07) is 1.84. The molecule has 0 aliphatic heterocycles. The van der Waals surface area contributed by atoms with Gasteiger partial charge in [0.1, 0.15) is 5.69 Å². The molecule has 1 aromatic heterocycles. The Labute approximate surface area is 114 Å². The summed E-state index contributed by atoms with van der Waals surface area (Å²) in [5, 5.41) is 7.17. The van der Waals surface area contributed by atoms with Crippen molar-refractivity contribution in [3.8, 4) is 0 Å². The van der Waals surface area contributed by atoms with E-state index in [9.17, 15) is 4.79 Å². The third-order valence-corrected chi connectivity index (χ3v) is 3.70. The second-order valence-corrected chi connectivity index (χ2v) is 5.64. The van der Waals surface area contributed by atoms with Gasteiger partial charge >= 0.3 is 0 Å². The monoisotopic (exact) mass is 271 g/mol. The van der Waals surface area contributed by atoms with Crippen LogP contribution in [0.15, 0.2) is 6.07 Å². The Morgan fingerprint density at radius 1 is 1.56 bits per heavy atom. The van der Waals surface area contributed by atoms with Gasteiger partial charge in [0.2, 0.25) is 0 Å². The summed E-state index contributed by atoms with van der Waals surface area (Å²) in [5.74, 6) is -0.124. The van der Waals surface area contributed by atoms with Crippen LogP contribution >= 0.6 is 11.6 Å². The van der Waals surface area contributed by atoms with Crippen LogP contribution in [0.3, 0.4) is 0 Å². The van der Waals surface area contributed by atoms with Gasteiger partial charge in [-0.3, -0.25) is 9.48 Å². The van der Waals surface area contributed by atoms with E-state index in [-0.39, 0.29) is 11.3 Å². The lowest BCUT2D eigenvalue weighted by Gasteiger charge is -2.28. The number of carbonyl (C=O) groups excluding carboxylic acids is 1. The Bertz CT molecular complexity index is 424. The molecule has 1 heterocycles. The van der Waals surface area contributed by atoms with Crippen molar-refractivity contribution in [3.63, 3.8) is 0 Å². The SMILES string of the molecule is CCc1cc(C(=O)NC(C)(C)C(C)Cl)n(CC)n1. The van der Waals surface area contributed by atoms with Crippen molar-refractivity contribution >= 4 is 17.5 Å². The quantitative estimate of drug-likeness (QED) is 0.837. The standard InChI is InChI=1S/C13H22ClN3O/c1-6-10-8-11(17(7-2)16-10)12(18)15-13(4,5)9(3)14/h8-9H,6-7H2,1-5H3,(H,15,18). The van der Waals surface area contributed by atoms with Crippen molar-refractivity contribution in [2.45, 2.75) is 58.5 Å². The first-order valence-corrected chi connectivity index (χ1v) is 6.78. The lowest BCUT2D eigenvalue weighted by Crippen LogP contribution is -2.49. The Morgan fingerprint density at radius 3 is 2.61 bits per heavy atom. The zero-order valence-electron chi connectivity index (χ0n) is 11.7. The topological polar surface area (TPSA) is 46.9 Å². The number of hydrogen-bond donors (Lipinski definition) is 1. The number of halogens is 1. The van der Waals surface area contributed by atoms with Crippen LogP contribution in [0.1, 0.15) is 50.8 Å². The average Bonchev–Trinajstić information content (AvgIpc) is 2.71. The summed E-state index contributed by atoms with van der Waals surface area (Å²) in [6.07, 6.45) is 0.822. The van der Waals surface area contributed by atoms with Gasteiger partial charge in [-0.2, -0.15) is 5.10 Å². The van der Waals surface area contributed by atoms with E-state index in [0.717, 1.165) is 12.1 Å². The molecule has 0 saturated heterocycles. The third kappa shape index (κ3) is 3.25. The van der Waals surface area contributed by atoms with Crippen LogP contribution in [0.25, 0.3) is 0 Å². The average molecular weight is 272 g/mol. The van der Waals surface area contributed by atoms with E-state index < -0.39 is 5.54 Å². The van der Waals surface area contributed by atoms with Gasteiger partial charge in [-0.1, -0.05) is 6.92 Å². The molecular weight excluding hydrogens is 250 g/mol. The Kier molecular flexibility index (Phi) is 4.79. The lowest BCUT2D eigenvalue weighted by molar-refractivity contribution is 0.0901. The lowest BCUT2D eigenvalue weighted by atomic mass is 10.0. The highest BCUT2D eigenvalue weighted by Gasteiger charge is 2.27. The maximum atomic E-state index is 12.2. The minimum absolute atomic E-state index is 0.124. The van der Waals surface area contributed by atoms with Gasteiger partial charge in [-0.15, -0.1) is 11.6 Å². The molecule has 4 nitrogen and oxygen atoms in total. The second kappa shape index (κ2) is 5.74. The zero-order chi connectivity index (χ0) is 13.9. The third-order valence-electron chi connectivity index (χ3n) is 3.16. The number of rotatable bonds is 5. The van der Waals surface area contributed by atoms with E-state index in [2.05, 4.69) is 10.4 Å². The second-order valence-electron chi connectivity index (χ2n) is 4.98. The summed E-state index contributed by atoms with van der Waals surface area (Å²) in [4.78, 5) is 12.2. The van der Waals surface area contributed by atoms with Crippen molar-refractivity contribution < 1.29 is 4.79 Å². The van der Waals surface area contributed by atoms with Crippen molar-refractivity contribution in [2.75, 3.05) is 0 Å². The number of aromatic nitrogens is 2. The molecule has 0 bridgehead atoms. The molecule has 0 spiro atoms. The fraction of sp³-hybridized carbons (Fsp3) is 0.692. The molecule has 1 amide bonds. The first-order valence-electron chi connectivity index (χ1n) is 6.35.